The molecule has 0 fully saturated rings. The number of nitrogens with zero attached hydrogens (tertiary/aromatic N) is 1. The summed E-state index contributed by atoms with van der Waals surface area (Å²) in [6.45, 7) is 7.55. The summed E-state index contributed by atoms with van der Waals surface area (Å²) in [5, 5.41) is 12.9. The molecule has 0 saturated heterocycles. The van der Waals surface area contributed by atoms with Crippen LogP contribution in [0.4, 0.5) is 5.69 Å². The van der Waals surface area contributed by atoms with Crippen molar-refractivity contribution >= 4 is 5.69 Å². The Labute approximate surface area is 97.1 Å². The Balaban J connectivity index is 2.16. The average Bonchev–Trinajstić information content (AvgIpc) is 2.30. The number of aromatic hydroxyl groups is 1. The number of rotatable bonds is 3. The fourth-order valence-corrected chi connectivity index (χ4v) is 2.47. The average molecular weight is 220 g/mol. The molecule has 0 bridgehead atoms. The van der Waals surface area contributed by atoms with Gasteiger partial charge in [0.2, 0.25) is 0 Å². The quantitative estimate of drug-likeness (QED) is 0.765. The molecule has 0 amide bonds. The number of hydrogen-bond donors (Lipinski definition) is 2. The molecule has 1 atom stereocenters. The number of likely N-dealkylation sites (N-methyl/N-ethyl adjacent to an activating group) is 1. The second kappa shape index (κ2) is 4.74. The van der Waals surface area contributed by atoms with Gasteiger partial charge in [-0.1, -0.05) is 13.8 Å². The Morgan fingerprint density at radius 3 is 2.81 bits per heavy atom. The molecule has 1 aromatic rings. The summed E-state index contributed by atoms with van der Waals surface area (Å²) in [4.78, 5) is 2.46. The normalized spacial score (nSPS) is 19.3. The first-order valence-electron chi connectivity index (χ1n) is 6.04. The molecular weight excluding hydrogens is 200 g/mol. The molecule has 2 N–H and O–H groups in total. The molecule has 88 valence electrons. The molecule has 0 saturated carbocycles. The van der Waals surface area contributed by atoms with Gasteiger partial charge >= 0.3 is 0 Å². The Kier molecular flexibility index (Phi) is 3.34. The summed E-state index contributed by atoms with van der Waals surface area (Å²) in [6.07, 6.45) is 1.03. The van der Waals surface area contributed by atoms with Crippen LogP contribution in [0.25, 0.3) is 0 Å². The van der Waals surface area contributed by atoms with Crippen LogP contribution in [0, 0.1) is 0 Å². The molecular formula is C13H20N2O. The topological polar surface area (TPSA) is 35.5 Å². The predicted octanol–water partition coefficient (Wildman–Crippen LogP) is 2.07. The zero-order chi connectivity index (χ0) is 11.5. The van der Waals surface area contributed by atoms with E-state index >= 15 is 0 Å². The van der Waals surface area contributed by atoms with Gasteiger partial charge < -0.3 is 10.4 Å². The largest absolute Gasteiger partial charge is 0.508 e. The molecule has 2 rings (SSSR count). The monoisotopic (exact) mass is 220 g/mol. The lowest BCUT2D eigenvalue weighted by molar-refractivity contribution is 0.221. The van der Waals surface area contributed by atoms with Crippen LogP contribution < -0.4 is 5.32 Å². The van der Waals surface area contributed by atoms with E-state index in [1.807, 2.05) is 12.1 Å². The van der Waals surface area contributed by atoms with Gasteiger partial charge in [-0.25, -0.2) is 0 Å². The Morgan fingerprint density at radius 2 is 2.12 bits per heavy atom. The first-order valence-corrected chi connectivity index (χ1v) is 6.04. The first kappa shape index (κ1) is 11.3. The van der Waals surface area contributed by atoms with Crippen LogP contribution in [0.5, 0.6) is 5.75 Å². The zero-order valence-electron chi connectivity index (χ0n) is 10.0. The number of benzene rings is 1. The maximum absolute atomic E-state index is 9.49. The fourth-order valence-electron chi connectivity index (χ4n) is 2.47. The van der Waals surface area contributed by atoms with Crippen molar-refractivity contribution in [2.24, 2.45) is 0 Å². The van der Waals surface area contributed by atoms with Crippen molar-refractivity contribution in [3.05, 3.63) is 23.8 Å². The van der Waals surface area contributed by atoms with Gasteiger partial charge in [0.1, 0.15) is 5.75 Å². The van der Waals surface area contributed by atoms with Crippen LogP contribution in [-0.4, -0.2) is 35.7 Å². The summed E-state index contributed by atoms with van der Waals surface area (Å²) in [5.41, 5.74) is 2.39. The van der Waals surface area contributed by atoms with Gasteiger partial charge in [-0.3, -0.25) is 4.90 Å². The van der Waals surface area contributed by atoms with Gasteiger partial charge in [0.05, 0.1) is 0 Å². The van der Waals surface area contributed by atoms with Crippen LogP contribution in [0.1, 0.15) is 19.4 Å². The number of anilines is 1. The van der Waals surface area contributed by atoms with Crippen LogP contribution in [0.2, 0.25) is 0 Å². The van der Waals surface area contributed by atoms with E-state index in [-0.39, 0.29) is 0 Å². The SMILES string of the molecule is CCN(CC)C1CNc2ccc(O)cc2C1. The summed E-state index contributed by atoms with van der Waals surface area (Å²) in [5.74, 6) is 0.362. The predicted molar refractivity (Wildman–Crippen MR) is 67.0 cm³/mol. The molecule has 1 aliphatic rings. The van der Waals surface area contributed by atoms with Crippen molar-refractivity contribution in [1.29, 1.82) is 0 Å². The Morgan fingerprint density at radius 1 is 1.38 bits per heavy atom. The summed E-state index contributed by atoms with van der Waals surface area (Å²) >= 11 is 0. The smallest absolute Gasteiger partial charge is 0.116 e. The van der Waals surface area contributed by atoms with E-state index in [1.54, 1.807) is 6.07 Å². The van der Waals surface area contributed by atoms with E-state index in [0.29, 0.717) is 11.8 Å². The highest BCUT2D eigenvalue weighted by Crippen LogP contribution is 2.27. The van der Waals surface area contributed by atoms with E-state index in [1.165, 1.54) is 11.3 Å². The summed E-state index contributed by atoms with van der Waals surface area (Å²) in [6, 6.07) is 6.12. The van der Waals surface area contributed by atoms with E-state index in [4.69, 9.17) is 0 Å². The van der Waals surface area contributed by atoms with Crippen LogP contribution in [0.3, 0.4) is 0 Å². The second-order valence-corrected chi connectivity index (χ2v) is 4.30. The minimum atomic E-state index is 0.362. The van der Waals surface area contributed by atoms with Crippen molar-refractivity contribution in [2.75, 3.05) is 25.0 Å². The molecule has 0 radical (unpaired) electrons. The number of nitrogens with one attached hydrogen (secondary N) is 1. The van der Waals surface area contributed by atoms with Crippen LogP contribution >= 0.6 is 0 Å². The molecule has 0 spiro atoms. The number of hydrogen-bond acceptors (Lipinski definition) is 3. The van der Waals surface area contributed by atoms with E-state index in [9.17, 15) is 5.11 Å². The van der Waals surface area contributed by atoms with E-state index < -0.39 is 0 Å². The van der Waals surface area contributed by atoms with Crippen LogP contribution in [0.15, 0.2) is 18.2 Å². The highest BCUT2D eigenvalue weighted by Gasteiger charge is 2.22. The molecule has 16 heavy (non-hydrogen) atoms. The fraction of sp³-hybridized carbons (Fsp3) is 0.538. The van der Waals surface area contributed by atoms with Crippen molar-refractivity contribution in [3.8, 4) is 5.75 Å². The molecule has 1 heterocycles. The van der Waals surface area contributed by atoms with Crippen molar-refractivity contribution in [1.82, 2.24) is 4.90 Å². The third-order valence-electron chi connectivity index (χ3n) is 3.40. The lowest BCUT2D eigenvalue weighted by Crippen LogP contribution is -2.43. The standard InChI is InChI=1S/C13H20N2O/c1-3-15(4-2)11-7-10-8-12(16)5-6-13(10)14-9-11/h5-6,8,11,14,16H,3-4,7,9H2,1-2H3. The third-order valence-corrected chi connectivity index (χ3v) is 3.40. The highest BCUT2D eigenvalue weighted by atomic mass is 16.3. The van der Waals surface area contributed by atoms with E-state index in [0.717, 1.165) is 26.1 Å². The van der Waals surface area contributed by atoms with E-state index in [2.05, 4.69) is 24.1 Å². The van der Waals surface area contributed by atoms with Gasteiger partial charge in [0.15, 0.2) is 0 Å². The molecule has 3 nitrogen and oxygen atoms in total. The minimum absolute atomic E-state index is 0.362. The van der Waals surface area contributed by atoms with Crippen molar-refractivity contribution < 1.29 is 5.11 Å². The molecule has 1 aromatic carbocycles. The number of fused-ring (bicyclic) bond motifs is 1. The maximum Gasteiger partial charge on any atom is 0.116 e. The molecule has 0 aliphatic carbocycles. The third kappa shape index (κ3) is 2.14. The summed E-state index contributed by atoms with van der Waals surface area (Å²) in [7, 11) is 0. The second-order valence-electron chi connectivity index (χ2n) is 4.30. The van der Waals surface area contributed by atoms with Gasteiger partial charge in [-0.05, 0) is 43.3 Å². The van der Waals surface area contributed by atoms with Gasteiger partial charge in [-0.2, -0.15) is 0 Å². The minimum Gasteiger partial charge on any atom is -0.508 e. The van der Waals surface area contributed by atoms with Gasteiger partial charge in [-0.15, -0.1) is 0 Å². The first-order chi connectivity index (χ1) is 7.74. The van der Waals surface area contributed by atoms with Crippen LogP contribution in [-0.2, 0) is 6.42 Å². The maximum atomic E-state index is 9.49. The molecule has 0 aromatic heterocycles. The Bertz CT molecular complexity index is 361. The van der Waals surface area contributed by atoms with Crippen molar-refractivity contribution in [3.63, 3.8) is 0 Å². The molecule has 1 unspecified atom stereocenters. The molecule has 3 heteroatoms. The zero-order valence-corrected chi connectivity index (χ0v) is 10.0. The highest BCUT2D eigenvalue weighted by molar-refractivity contribution is 5.56. The lowest BCUT2D eigenvalue weighted by Gasteiger charge is -2.34. The van der Waals surface area contributed by atoms with Crippen molar-refractivity contribution in [2.45, 2.75) is 26.3 Å². The summed E-state index contributed by atoms with van der Waals surface area (Å²) < 4.78 is 0. The van der Waals surface area contributed by atoms with Gasteiger partial charge in [0, 0.05) is 18.3 Å². The van der Waals surface area contributed by atoms with Gasteiger partial charge in [0.25, 0.3) is 0 Å². The lowest BCUT2D eigenvalue weighted by atomic mass is 9.98. The number of phenols is 1. The number of phenolic OH excluding ortho intramolecular Hbond substituents is 1. The Hall–Kier alpha value is -1.22. The molecule has 1 aliphatic heterocycles.